The molecule has 0 bridgehead atoms. The highest BCUT2D eigenvalue weighted by Gasteiger charge is 2.17. The van der Waals surface area contributed by atoms with E-state index in [1.54, 1.807) is 18.5 Å². The Hall–Kier alpha value is -4.33. The maximum Gasteiger partial charge on any atom is 0.161 e. The molecule has 0 aliphatic carbocycles. The van der Waals surface area contributed by atoms with Crippen molar-refractivity contribution in [2.75, 3.05) is 59.5 Å². The van der Waals surface area contributed by atoms with Gasteiger partial charge in [-0.25, -0.2) is 0 Å². The van der Waals surface area contributed by atoms with Crippen LogP contribution in [0.3, 0.4) is 0 Å². The van der Waals surface area contributed by atoms with Crippen LogP contribution in [0.1, 0.15) is 34.2 Å². The molecule has 10 heteroatoms. The SMILES string of the molecule is Cc1c(COc2cc(OCc3cncc(C#N)c3)c(CNCCCN3CCN(C)CC3)cc2Cl)cccc1-c1ccc2c(c1)OCCO2. The first-order chi connectivity index (χ1) is 23.5. The Morgan fingerprint density at radius 3 is 2.56 bits per heavy atom. The Bertz CT molecular complexity index is 1750. The molecule has 2 aliphatic heterocycles. The van der Waals surface area contributed by atoms with Crippen LogP contribution in [0.5, 0.6) is 23.0 Å². The third kappa shape index (κ3) is 8.57. The molecule has 1 aromatic heterocycles. The predicted octanol–water partition coefficient (Wildman–Crippen LogP) is 6.24. The van der Waals surface area contributed by atoms with Crippen LogP contribution in [-0.4, -0.2) is 74.3 Å². The normalized spacial score (nSPS) is 14.8. The van der Waals surface area contributed by atoms with Gasteiger partial charge in [0.25, 0.3) is 0 Å². The van der Waals surface area contributed by atoms with Gasteiger partial charge in [-0.15, -0.1) is 0 Å². The van der Waals surface area contributed by atoms with Crippen molar-refractivity contribution in [3.8, 4) is 40.2 Å². The van der Waals surface area contributed by atoms with E-state index in [2.05, 4.69) is 58.3 Å². The van der Waals surface area contributed by atoms with Gasteiger partial charge in [-0.05, 0) is 80.0 Å². The highest BCUT2D eigenvalue weighted by Crippen LogP contribution is 2.37. The number of benzene rings is 3. The van der Waals surface area contributed by atoms with Crippen molar-refractivity contribution in [2.24, 2.45) is 0 Å². The van der Waals surface area contributed by atoms with Crippen molar-refractivity contribution in [1.82, 2.24) is 20.1 Å². The Morgan fingerprint density at radius 1 is 0.917 bits per heavy atom. The number of aromatic nitrogens is 1. The van der Waals surface area contributed by atoms with E-state index >= 15 is 0 Å². The molecule has 3 heterocycles. The smallest absolute Gasteiger partial charge is 0.161 e. The Balaban J connectivity index is 1.14. The van der Waals surface area contributed by atoms with Gasteiger partial charge >= 0.3 is 0 Å². The van der Waals surface area contributed by atoms with Crippen LogP contribution in [0.4, 0.5) is 0 Å². The molecule has 0 saturated carbocycles. The topological polar surface area (TPSA) is 92.1 Å². The first kappa shape index (κ1) is 33.6. The molecule has 0 atom stereocenters. The lowest BCUT2D eigenvalue weighted by atomic mass is 9.96. The van der Waals surface area contributed by atoms with E-state index < -0.39 is 0 Å². The standard InChI is InChI=1S/C38H42ClN5O4/c1-27-31(5-3-6-33(27)30-7-8-35-38(19-30)46-16-15-45-35)26-48-37-20-36(47-25-29-17-28(21-40)22-42-23-29)32(18-34(37)39)24-41-9-4-10-44-13-11-43(2)12-14-44/h3,5-8,17-20,22-23,41H,4,9-16,24-26H2,1-2H3. The molecule has 0 amide bonds. The van der Waals surface area contributed by atoms with Crippen molar-refractivity contribution in [3.05, 3.63) is 99.8 Å². The van der Waals surface area contributed by atoms with E-state index in [1.807, 2.05) is 30.3 Å². The van der Waals surface area contributed by atoms with Crippen LogP contribution in [-0.2, 0) is 19.8 Å². The van der Waals surface area contributed by atoms with Crippen molar-refractivity contribution in [1.29, 1.82) is 5.26 Å². The van der Waals surface area contributed by atoms with Crippen molar-refractivity contribution < 1.29 is 18.9 Å². The van der Waals surface area contributed by atoms with Gasteiger partial charge in [0.2, 0.25) is 0 Å². The molecule has 250 valence electrons. The average molecular weight is 668 g/mol. The average Bonchev–Trinajstić information content (AvgIpc) is 3.11. The number of hydrogen-bond donors (Lipinski definition) is 1. The van der Waals surface area contributed by atoms with Crippen LogP contribution in [0.2, 0.25) is 5.02 Å². The van der Waals surface area contributed by atoms with Gasteiger partial charge in [0.05, 0.1) is 10.6 Å². The van der Waals surface area contributed by atoms with Gasteiger partial charge in [-0.3, -0.25) is 4.98 Å². The number of hydrogen-bond acceptors (Lipinski definition) is 9. The lowest BCUT2D eigenvalue weighted by molar-refractivity contribution is 0.152. The molecule has 3 aromatic carbocycles. The fourth-order valence-corrected chi connectivity index (χ4v) is 6.23. The van der Waals surface area contributed by atoms with Crippen LogP contribution in [0.25, 0.3) is 11.1 Å². The first-order valence-corrected chi connectivity index (χ1v) is 16.9. The van der Waals surface area contributed by atoms with Crippen molar-refractivity contribution in [3.63, 3.8) is 0 Å². The summed E-state index contributed by atoms with van der Waals surface area (Å²) in [5.74, 6) is 2.75. The fourth-order valence-electron chi connectivity index (χ4n) is 5.99. The second-order valence-corrected chi connectivity index (χ2v) is 12.7. The highest BCUT2D eigenvalue weighted by atomic mass is 35.5. The number of piperazine rings is 1. The summed E-state index contributed by atoms with van der Waals surface area (Å²) in [6.07, 6.45) is 4.31. The minimum absolute atomic E-state index is 0.261. The summed E-state index contributed by atoms with van der Waals surface area (Å²) in [4.78, 5) is 9.07. The number of likely N-dealkylation sites (N-methyl/N-ethyl adjacent to an activating group) is 1. The Morgan fingerprint density at radius 2 is 1.73 bits per heavy atom. The summed E-state index contributed by atoms with van der Waals surface area (Å²) in [6.45, 7) is 10.9. The number of ether oxygens (including phenoxy) is 4. The molecule has 0 unspecified atom stereocenters. The van der Waals surface area contributed by atoms with E-state index in [9.17, 15) is 5.26 Å². The monoisotopic (exact) mass is 667 g/mol. The fraction of sp³-hybridized carbons (Fsp3) is 0.368. The second-order valence-electron chi connectivity index (χ2n) is 12.3. The van der Waals surface area contributed by atoms with Gasteiger partial charge in [-0.2, -0.15) is 5.26 Å². The molecule has 0 radical (unpaired) electrons. The highest BCUT2D eigenvalue weighted by molar-refractivity contribution is 6.32. The lowest BCUT2D eigenvalue weighted by Crippen LogP contribution is -2.45. The van der Waals surface area contributed by atoms with Gasteiger partial charge < -0.3 is 34.1 Å². The van der Waals surface area contributed by atoms with Crippen LogP contribution in [0.15, 0.2) is 67.0 Å². The van der Waals surface area contributed by atoms with Gasteiger partial charge in [0, 0.05) is 62.3 Å². The third-order valence-corrected chi connectivity index (χ3v) is 9.15. The van der Waals surface area contributed by atoms with E-state index in [-0.39, 0.29) is 6.61 Å². The molecule has 9 nitrogen and oxygen atoms in total. The molecular weight excluding hydrogens is 626 g/mol. The number of nitriles is 1. The van der Waals surface area contributed by atoms with E-state index in [4.69, 9.17) is 30.5 Å². The van der Waals surface area contributed by atoms with Crippen LogP contribution >= 0.6 is 11.6 Å². The van der Waals surface area contributed by atoms with Gasteiger partial charge in [-0.1, -0.05) is 35.9 Å². The number of nitrogens with zero attached hydrogens (tertiary/aromatic N) is 4. The zero-order chi connectivity index (χ0) is 33.3. The summed E-state index contributed by atoms with van der Waals surface area (Å²) in [5, 5.41) is 13.4. The Labute approximate surface area is 288 Å². The first-order valence-electron chi connectivity index (χ1n) is 16.5. The lowest BCUT2D eigenvalue weighted by Gasteiger charge is -2.32. The number of nitrogens with one attached hydrogen (secondary N) is 1. The van der Waals surface area contributed by atoms with E-state index in [0.717, 1.165) is 90.6 Å². The van der Waals surface area contributed by atoms with Crippen LogP contribution in [0, 0.1) is 18.3 Å². The summed E-state index contributed by atoms with van der Waals surface area (Å²) in [6, 6.07) is 20.0. The quantitative estimate of drug-likeness (QED) is 0.166. The van der Waals surface area contributed by atoms with Gasteiger partial charge in [0.15, 0.2) is 11.5 Å². The molecule has 1 N–H and O–H groups in total. The molecule has 0 spiro atoms. The number of halogens is 1. The molecule has 48 heavy (non-hydrogen) atoms. The summed E-state index contributed by atoms with van der Waals surface area (Å²) in [5.41, 5.74) is 6.56. The predicted molar refractivity (Wildman–Crippen MR) is 187 cm³/mol. The molecule has 2 aliphatic rings. The molecule has 6 rings (SSSR count). The zero-order valence-electron chi connectivity index (χ0n) is 27.6. The maximum absolute atomic E-state index is 9.31. The van der Waals surface area contributed by atoms with E-state index in [1.165, 1.54) is 0 Å². The maximum atomic E-state index is 9.31. The van der Waals surface area contributed by atoms with Crippen molar-refractivity contribution in [2.45, 2.75) is 33.1 Å². The largest absolute Gasteiger partial charge is 0.488 e. The van der Waals surface area contributed by atoms with Crippen LogP contribution < -0.4 is 24.3 Å². The number of rotatable bonds is 13. The second kappa shape index (κ2) is 16.2. The Kier molecular flexibility index (Phi) is 11.3. The molecule has 1 fully saturated rings. The summed E-state index contributed by atoms with van der Waals surface area (Å²) >= 11 is 6.82. The minimum Gasteiger partial charge on any atom is -0.488 e. The molecule has 1 saturated heterocycles. The molecular formula is C38H42ClN5O4. The molecule has 4 aromatic rings. The number of fused-ring (bicyclic) bond motifs is 1. The minimum atomic E-state index is 0.261. The van der Waals surface area contributed by atoms with E-state index in [0.29, 0.717) is 48.5 Å². The summed E-state index contributed by atoms with van der Waals surface area (Å²) in [7, 11) is 2.18. The van der Waals surface area contributed by atoms with Crippen molar-refractivity contribution >= 4 is 11.6 Å². The third-order valence-electron chi connectivity index (χ3n) is 8.85. The van der Waals surface area contributed by atoms with Gasteiger partial charge in [0.1, 0.15) is 44.0 Å². The zero-order valence-corrected chi connectivity index (χ0v) is 28.4. The summed E-state index contributed by atoms with van der Waals surface area (Å²) < 4.78 is 24.2. The number of pyridine rings is 1.